The lowest BCUT2D eigenvalue weighted by molar-refractivity contribution is -0.512. The van der Waals surface area contributed by atoms with Crippen molar-refractivity contribution in [3.63, 3.8) is 0 Å². The first kappa shape index (κ1) is 26.7. The number of aliphatic hydroxyl groups is 1. The Kier molecular flexibility index (Phi) is 7.54. The van der Waals surface area contributed by atoms with Gasteiger partial charge in [0.2, 0.25) is 0 Å². The van der Waals surface area contributed by atoms with Gasteiger partial charge in [-0.05, 0) is 89.8 Å². The molecule has 5 aromatic rings. The molecule has 9 nitrogen and oxygen atoms in total. The summed E-state index contributed by atoms with van der Waals surface area (Å²) in [6.45, 7) is 1.94. The molecule has 0 radical (unpaired) electrons. The fourth-order valence-electron chi connectivity index (χ4n) is 5.21. The second kappa shape index (κ2) is 11.6. The summed E-state index contributed by atoms with van der Waals surface area (Å²) in [4.78, 5) is 20.6. The summed E-state index contributed by atoms with van der Waals surface area (Å²) in [5, 5.41) is 19.7. The molecule has 0 saturated carbocycles. The van der Waals surface area contributed by atoms with Crippen LogP contribution in [-0.4, -0.2) is 45.5 Å². The van der Waals surface area contributed by atoms with Gasteiger partial charge in [0.15, 0.2) is 0 Å². The Morgan fingerprint density at radius 3 is 2.54 bits per heavy atom. The zero-order valence-electron chi connectivity index (χ0n) is 22.4. The van der Waals surface area contributed by atoms with Gasteiger partial charge in [0.05, 0.1) is 22.6 Å². The molecule has 0 unspecified atom stereocenters. The van der Waals surface area contributed by atoms with Crippen molar-refractivity contribution in [3.05, 3.63) is 119 Å². The summed E-state index contributed by atoms with van der Waals surface area (Å²) in [6, 6.07) is 22.7. The van der Waals surface area contributed by atoms with E-state index in [1.54, 1.807) is 23.1 Å². The van der Waals surface area contributed by atoms with Gasteiger partial charge >= 0.3 is 5.65 Å². The number of carbonyl (C=O) groups is 1. The number of pyridine rings is 2. The van der Waals surface area contributed by atoms with Crippen LogP contribution in [0.5, 0.6) is 0 Å². The number of benzene rings is 2. The predicted molar refractivity (Wildman–Crippen MR) is 158 cm³/mol. The molecule has 1 aliphatic heterocycles. The van der Waals surface area contributed by atoms with Crippen molar-refractivity contribution in [1.29, 1.82) is 0 Å². The third-order valence-electron chi connectivity index (χ3n) is 7.54. The average molecular weight is 569 g/mol. The first-order chi connectivity index (χ1) is 20.0. The lowest BCUT2D eigenvalue weighted by Crippen LogP contribution is -2.43. The molecule has 1 amide bonds. The van der Waals surface area contributed by atoms with Crippen LogP contribution in [0.1, 0.15) is 34.3 Å². The molecule has 0 bridgehead atoms. The summed E-state index contributed by atoms with van der Waals surface area (Å²) in [7, 11) is 0. The lowest BCUT2D eigenvalue weighted by Gasteiger charge is -2.39. The second-order valence-electron chi connectivity index (χ2n) is 10.3. The maximum atomic E-state index is 12.6. The molecule has 3 N–H and O–H groups in total. The Balaban J connectivity index is 1.09. The van der Waals surface area contributed by atoms with Crippen LogP contribution in [0.2, 0.25) is 5.02 Å². The number of fused-ring (bicyclic) bond motifs is 1. The Morgan fingerprint density at radius 2 is 1.80 bits per heavy atom. The molecule has 4 heterocycles. The number of carbonyl (C=O) groups excluding carboxylic acids is 1. The highest BCUT2D eigenvalue weighted by Gasteiger charge is 2.35. The van der Waals surface area contributed by atoms with Gasteiger partial charge in [-0.25, -0.2) is 5.43 Å². The van der Waals surface area contributed by atoms with Crippen LogP contribution >= 0.6 is 11.6 Å². The third-order valence-corrected chi connectivity index (χ3v) is 7.79. The molecule has 1 saturated heterocycles. The number of halogens is 1. The van der Waals surface area contributed by atoms with Crippen molar-refractivity contribution < 1.29 is 14.3 Å². The smallest absolute Gasteiger partial charge is 0.332 e. The predicted octanol–water partition coefficient (Wildman–Crippen LogP) is 4.01. The number of nitrogens with zero attached hydrogens (tertiary/aromatic N) is 5. The zero-order valence-corrected chi connectivity index (χ0v) is 23.2. The maximum Gasteiger partial charge on any atom is 0.332 e. The van der Waals surface area contributed by atoms with E-state index in [2.05, 4.69) is 26.7 Å². The Bertz CT molecular complexity index is 1630. The van der Waals surface area contributed by atoms with E-state index < -0.39 is 5.60 Å². The molecule has 1 aliphatic rings. The maximum absolute atomic E-state index is 12.6. The van der Waals surface area contributed by atoms with Crippen molar-refractivity contribution in [2.24, 2.45) is 0 Å². The van der Waals surface area contributed by atoms with Crippen LogP contribution in [0.15, 0.2) is 97.7 Å². The molecule has 0 atom stereocenters. The van der Waals surface area contributed by atoms with E-state index in [1.807, 2.05) is 77.7 Å². The molecule has 1 fully saturated rings. The van der Waals surface area contributed by atoms with Gasteiger partial charge < -0.3 is 15.3 Å². The number of nitrogens with one attached hydrogen (secondary N) is 2. The number of amides is 1. The molecule has 10 heteroatoms. The van der Waals surface area contributed by atoms with E-state index in [-0.39, 0.29) is 5.91 Å². The fraction of sp³-hybridized carbons (Fsp3) is 0.226. The first-order valence-corrected chi connectivity index (χ1v) is 14.0. The van der Waals surface area contributed by atoms with Gasteiger partial charge in [-0.15, -0.1) is 0 Å². The molecule has 0 spiro atoms. The van der Waals surface area contributed by atoms with Gasteiger partial charge in [-0.2, -0.15) is 4.40 Å². The fourth-order valence-corrected chi connectivity index (χ4v) is 5.34. The third kappa shape index (κ3) is 6.01. The molecule has 208 valence electrons. The highest BCUT2D eigenvalue weighted by atomic mass is 35.5. The zero-order chi connectivity index (χ0) is 28.2. The highest BCUT2D eigenvalue weighted by molar-refractivity contribution is 6.30. The molecule has 41 heavy (non-hydrogen) atoms. The summed E-state index contributed by atoms with van der Waals surface area (Å²) in [5.74, 6) is -0.116. The topological polar surface area (TPSA) is 99.4 Å². The van der Waals surface area contributed by atoms with Crippen LogP contribution < -0.4 is 20.0 Å². The van der Waals surface area contributed by atoms with Gasteiger partial charge in [0.1, 0.15) is 5.69 Å². The van der Waals surface area contributed by atoms with E-state index in [0.29, 0.717) is 43.1 Å². The SMILES string of the molecule is O=C(NCCc1cccnc1)c1ccc(Nn2c[n+]3cccc(N4CCC(O)(c5ccc(Cl)cc5)CC4)c3n2)cc1. The van der Waals surface area contributed by atoms with E-state index in [1.165, 1.54) is 0 Å². The van der Waals surface area contributed by atoms with Crippen molar-refractivity contribution in [3.8, 4) is 0 Å². The first-order valence-electron chi connectivity index (χ1n) is 13.6. The Hall–Kier alpha value is -4.47. The summed E-state index contributed by atoms with van der Waals surface area (Å²) in [5.41, 5.74) is 7.59. The largest absolute Gasteiger partial charge is 0.385 e. The quantitative estimate of drug-likeness (QED) is 0.245. The number of hydrogen-bond acceptors (Lipinski definition) is 6. The molecular formula is C31H31ClN7O2+. The van der Waals surface area contributed by atoms with E-state index >= 15 is 0 Å². The van der Waals surface area contributed by atoms with E-state index in [9.17, 15) is 9.90 Å². The van der Waals surface area contributed by atoms with E-state index in [0.717, 1.165) is 34.6 Å². The second-order valence-corrected chi connectivity index (χ2v) is 10.7. The monoisotopic (exact) mass is 568 g/mol. The molecule has 0 aliphatic carbocycles. The van der Waals surface area contributed by atoms with E-state index in [4.69, 9.17) is 16.7 Å². The molecule has 3 aromatic heterocycles. The van der Waals surface area contributed by atoms with Crippen molar-refractivity contribution in [2.75, 3.05) is 30.0 Å². The number of piperidine rings is 1. The Morgan fingerprint density at radius 1 is 1.02 bits per heavy atom. The molecular weight excluding hydrogens is 538 g/mol. The minimum atomic E-state index is -0.870. The lowest BCUT2D eigenvalue weighted by atomic mass is 9.84. The van der Waals surface area contributed by atoms with Gasteiger partial charge in [0.25, 0.3) is 12.2 Å². The Labute approximate surface area is 243 Å². The molecule has 6 rings (SSSR count). The molecule has 2 aromatic carbocycles. The average Bonchev–Trinajstić information content (AvgIpc) is 3.41. The summed E-state index contributed by atoms with van der Waals surface area (Å²) in [6.07, 6.45) is 9.31. The van der Waals surface area contributed by atoms with Crippen molar-refractivity contribution in [1.82, 2.24) is 20.2 Å². The normalized spacial score (nSPS) is 14.6. The van der Waals surface area contributed by atoms with Gasteiger partial charge in [0, 0.05) is 42.6 Å². The van der Waals surface area contributed by atoms with Crippen LogP contribution in [-0.2, 0) is 12.0 Å². The number of hydrogen-bond donors (Lipinski definition) is 3. The van der Waals surface area contributed by atoms with Crippen LogP contribution in [0.25, 0.3) is 5.65 Å². The highest BCUT2D eigenvalue weighted by Crippen LogP contribution is 2.35. The summed E-state index contributed by atoms with van der Waals surface area (Å²) < 4.78 is 1.96. The minimum absolute atomic E-state index is 0.116. The van der Waals surface area contributed by atoms with Crippen LogP contribution in [0.3, 0.4) is 0 Å². The summed E-state index contributed by atoms with van der Waals surface area (Å²) >= 11 is 6.04. The van der Waals surface area contributed by atoms with Crippen molar-refractivity contribution in [2.45, 2.75) is 24.9 Å². The minimum Gasteiger partial charge on any atom is -0.385 e. The van der Waals surface area contributed by atoms with Crippen LogP contribution in [0, 0.1) is 0 Å². The van der Waals surface area contributed by atoms with Gasteiger partial charge in [-0.3, -0.25) is 9.78 Å². The number of rotatable bonds is 8. The van der Waals surface area contributed by atoms with Gasteiger partial charge in [-0.1, -0.05) is 29.8 Å². The standard InChI is InChI=1S/C31H30ClN7O2/c32-26-9-7-25(8-10-26)31(41)14-19-37(20-15-31)28-4-2-18-38-22-39(36-29(28)38)35-27-11-5-24(6-12-27)30(40)34-17-13-23-3-1-16-33-21-23/h1-12,16,18,21-22,41H,13-15,17,19-20H2,(H-,34,35,40)/p+1. The van der Waals surface area contributed by atoms with Crippen LogP contribution in [0.4, 0.5) is 11.4 Å². The van der Waals surface area contributed by atoms with Crippen molar-refractivity contribution >= 4 is 34.5 Å². The number of aromatic nitrogens is 4. The number of anilines is 2.